The van der Waals surface area contributed by atoms with Gasteiger partial charge < -0.3 is 14.8 Å². The summed E-state index contributed by atoms with van der Waals surface area (Å²) in [6.07, 6.45) is 4.21. The van der Waals surface area contributed by atoms with E-state index < -0.39 is 0 Å². The average molecular weight is 284 g/mol. The van der Waals surface area contributed by atoms with E-state index in [0.717, 1.165) is 23.3 Å². The van der Waals surface area contributed by atoms with Crippen LogP contribution in [-0.4, -0.2) is 51.9 Å². The largest absolute Gasteiger partial charge is 0.354 e. The molecule has 0 aliphatic carbocycles. The monoisotopic (exact) mass is 284 g/mol. The highest BCUT2D eigenvalue weighted by molar-refractivity contribution is 5.87. The zero-order valence-corrected chi connectivity index (χ0v) is 11.8. The van der Waals surface area contributed by atoms with Crippen LogP contribution >= 0.6 is 0 Å². The van der Waals surface area contributed by atoms with Gasteiger partial charge in [0, 0.05) is 32.4 Å². The van der Waals surface area contributed by atoms with Crippen LogP contribution in [0.15, 0.2) is 18.6 Å². The number of aromatic amines is 1. The van der Waals surface area contributed by atoms with E-state index in [1.54, 1.807) is 4.90 Å². The predicted octanol–water partition coefficient (Wildman–Crippen LogP) is 0.909. The zero-order valence-electron chi connectivity index (χ0n) is 11.8. The Kier molecular flexibility index (Phi) is 3.44. The summed E-state index contributed by atoms with van der Waals surface area (Å²) in [7, 11) is 1.98. The Morgan fingerprint density at radius 2 is 2.48 bits per heavy atom. The van der Waals surface area contributed by atoms with Crippen molar-refractivity contribution >= 4 is 22.8 Å². The standard InChI is InChI=1S/C14H16N6O/c1-19(10-4-7-20(8-10)12(21)2-5-15)14-11-3-6-16-13(11)17-9-18-14/h3,6,9-10H,2,4,7-8H2,1H3,(H,16,17,18). The lowest BCUT2D eigenvalue weighted by molar-refractivity contribution is -0.129. The molecule has 21 heavy (non-hydrogen) atoms. The number of aromatic nitrogens is 3. The highest BCUT2D eigenvalue weighted by Crippen LogP contribution is 2.25. The highest BCUT2D eigenvalue weighted by atomic mass is 16.2. The highest BCUT2D eigenvalue weighted by Gasteiger charge is 2.29. The molecule has 3 heterocycles. The Morgan fingerprint density at radius 1 is 1.62 bits per heavy atom. The van der Waals surface area contributed by atoms with E-state index in [1.165, 1.54) is 6.33 Å². The summed E-state index contributed by atoms with van der Waals surface area (Å²) in [4.78, 5) is 27.2. The van der Waals surface area contributed by atoms with Gasteiger partial charge in [0.15, 0.2) is 0 Å². The molecular formula is C14H16N6O. The predicted molar refractivity (Wildman–Crippen MR) is 77.5 cm³/mol. The van der Waals surface area contributed by atoms with Crippen molar-refractivity contribution in [2.45, 2.75) is 18.9 Å². The van der Waals surface area contributed by atoms with Crippen LogP contribution in [0.5, 0.6) is 0 Å². The van der Waals surface area contributed by atoms with Gasteiger partial charge in [-0.15, -0.1) is 0 Å². The number of carbonyl (C=O) groups excluding carboxylic acids is 1. The number of hydrogen-bond donors (Lipinski definition) is 1. The third-order valence-electron chi connectivity index (χ3n) is 3.96. The molecule has 3 rings (SSSR count). The van der Waals surface area contributed by atoms with Crippen molar-refractivity contribution in [2.75, 3.05) is 25.0 Å². The quantitative estimate of drug-likeness (QED) is 0.905. The van der Waals surface area contributed by atoms with Gasteiger partial charge in [0.05, 0.1) is 11.5 Å². The molecule has 1 N–H and O–H groups in total. The lowest BCUT2D eigenvalue weighted by Crippen LogP contribution is -2.37. The maximum Gasteiger partial charge on any atom is 0.236 e. The van der Waals surface area contributed by atoms with Crippen LogP contribution in [-0.2, 0) is 4.79 Å². The van der Waals surface area contributed by atoms with Gasteiger partial charge in [-0.1, -0.05) is 0 Å². The zero-order chi connectivity index (χ0) is 14.8. The third kappa shape index (κ3) is 2.40. The van der Waals surface area contributed by atoms with E-state index in [2.05, 4.69) is 19.9 Å². The number of amides is 1. The van der Waals surface area contributed by atoms with E-state index >= 15 is 0 Å². The Balaban J connectivity index is 1.78. The van der Waals surface area contributed by atoms with Gasteiger partial charge in [0.1, 0.15) is 24.2 Å². The van der Waals surface area contributed by atoms with Gasteiger partial charge in [0.2, 0.25) is 5.91 Å². The third-order valence-corrected chi connectivity index (χ3v) is 3.96. The molecule has 1 atom stereocenters. The first-order valence-electron chi connectivity index (χ1n) is 6.86. The molecule has 0 aromatic carbocycles. The van der Waals surface area contributed by atoms with Gasteiger partial charge in [-0.3, -0.25) is 4.79 Å². The first kappa shape index (κ1) is 13.4. The Bertz CT molecular complexity index is 703. The minimum absolute atomic E-state index is 0.0496. The summed E-state index contributed by atoms with van der Waals surface area (Å²) >= 11 is 0. The fourth-order valence-electron chi connectivity index (χ4n) is 2.78. The number of anilines is 1. The van der Waals surface area contributed by atoms with Crippen LogP contribution in [0.2, 0.25) is 0 Å². The smallest absolute Gasteiger partial charge is 0.236 e. The van der Waals surface area contributed by atoms with Crippen molar-refractivity contribution in [3.05, 3.63) is 18.6 Å². The molecular weight excluding hydrogens is 268 g/mol. The summed E-state index contributed by atoms with van der Waals surface area (Å²) in [6, 6.07) is 4.07. The number of nitrogens with one attached hydrogen (secondary N) is 1. The van der Waals surface area contributed by atoms with E-state index in [-0.39, 0.29) is 18.4 Å². The molecule has 1 unspecified atom stereocenters. The van der Waals surface area contributed by atoms with Crippen molar-refractivity contribution < 1.29 is 4.79 Å². The van der Waals surface area contributed by atoms with E-state index in [0.29, 0.717) is 13.1 Å². The minimum atomic E-state index is -0.0946. The molecule has 2 aromatic rings. The molecule has 1 amide bonds. The molecule has 2 aromatic heterocycles. The summed E-state index contributed by atoms with van der Waals surface area (Å²) in [6.45, 7) is 1.32. The van der Waals surface area contributed by atoms with Crippen molar-refractivity contribution in [3.63, 3.8) is 0 Å². The van der Waals surface area contributed by atoms with Crippen LogP contribution in [0, 0.1) is 11.3 Å². The number of H-pyrrole nitrogens is 1. The number of nitriles is 1. The molecule has 0 radical (unpaired) electrons. The maximum atomic E-state index is 11.8. The average Bonchev–Trinajstić information content (AvgIpc) is 3.15. The second kappa shape index (κ2) is 5.40. The first-order chi connectivity index (χ1) is 10.2. The molecule has 7 heteroatoms. The Labute approximate surface area is 122 Å². The summed E-state index contributed by atoms with van der Waals surface area (Å²) < 4.78 is 0. The van der Waals surface area contributed by atoms with Gasteiger partial charge in [-0.25, -0.2) is 9.97 Å². The minimum Gasteiger partial charge on any atom is -0.354 e. The number of rotatable bonds is 3. The normalized spacial score (nSPS) is 17.9. The summed E-state index contributed by atoms with van der Waals surface area (Å²) in [5.41, 5.74) is 0.808. The maximum absolute atomic E-state index is 11.8. The van der Waals surface area contributed by atoms with Gasteiger partial charge >= 0.3 is 0 Å². The van der Waals surface area contributed by atoms with Crippen molar-refractivity contribution in [3.8, 4) is 6.07 Å². The van der Waals surface area contributed by atoms with Crippen LogP contribution in [0.1, 0.15) is 12.8 Å². The molecule has 0 bridgehead atoms. The van der Waals surface area contributed by atoms with Gasteiger partial charge in [-0.2, -0.15) is 5.26 Å². The van der Waals surface area contributed by atoms with Gasteiger partial charge in [0.25, 0.3) is 0 Å². The molecule has 1 aliphatic heterocycles. The van der Waals surface area contributed by atoms with Crippen LogP contribution in [0.4, 0.5) is 5.82 Å². The van der Waals surface area contributed by atoms with Crippen molar-refractivity contribution in [1.29, 1.82) is 5.26 Å². The number of likely N-dealkylation sites (N-methyl/N-ethyl adjacent to an activating group) is 1. The topological polar surface area (TPSA) is 88.9 Å². The van der Waals surface area contributed by atoms with E-state index in [1.807, 2.05) is 25.4 Å². The fraction of sp³-hybridized carbons (Fsp3) is 0.429. The van der Waals surface area contributed by atoms with E-state index in [4.69, 9.17) is 5.26 Å². The molecule has 1 fully saturated rings. The number of fused-ring (bicyclic) bond motifs is 1. The lowest BCUT2D eigenvalue weighted by Gasteiger charge is -2.26. The number of hydrogen-bond acceptors (Lipinski definition) is 5. The fourth-order valence-corrected chi connectivity index (χ4v) is 2.78. The number of likely N-dealkylation sites (tertiary alicyclic amines) is 1. The Morgan fingerprint density at radius 3 is 3.29 bits per heavy atom. The SMILES string of the molecule is CN(c1ncnc2[nH]ccc12)C1CCN(C(=O)CC#N)C1. The molecule has 7 nitrogen and oxygen atoms in total. The molecule has 1 saturated heterocycles. The first-order valence-corrected chi connectivity index (χ1v) is 6.86. The van der Waals surface area contributed by atoms with Crippen molar-refractivity contribution in [1.82, 2.24) is 19.9 Å². The van der Waals surface area contributed by atoms with E-state index in [9.17, 15) is 4.79 Å². The molecule has 1 aliphatic rings. The van der Waals surface area contributed by atoms with Crippen molar-refractivity contribution in [2.24, 2.45) is 0 Å². The van der Waals surface area contributed by atoms with Crippen LogP contribution < -0.4 is 4.90 Å². The number of nitrogens with zero attached hydrogens (tertiary/aromatic N) is 5. The molecule has 0 spiro atoms. The second-order valence-electron chi connectivity index (χ2n) is 5.17. The molecule has 0 saturated carbocycles. The van der Waals surface area contributed by atoms with Gasteiger partial charge in [-0.05, 0) is 12.5 Å². The number of carbonyl (C=O) groups is 1. The lowest BCUT2D eigenvalue weighted by atomic mass is 10.2. The molecule has 108 valence electrons. The summed E-state index contributed by atoms with van der Waals surface area (Å²) in [5.74, 6) is 0.767. The van der Waals surface area contributed by atoms with Crippen LogP contribution in [0.25, 0.3) is 11.0 Å². The second-order valence-corrected chi connectivity index (χ2v) is 5.17. The summed E-state index contributed by atoms with van der Waals surface area (Å²) in [5, 5.41) is 9.59. The van der Waals surface area contributed by atoms with Crippen LogP contribution in [0.3, 0.4) is 0 Å². The Hall–Kier alpha value is -2.62.